The van der Waals surface area contributed by atoms with Crippen molar-refractivity contribution in [2.45, 2.75) is 59.8 Å². The molecule has 114 valence electrons. The van der Waals surface area contributed by atoms with Gasteiger partial charge in [-0.1, -0.05) is 25.5 Å². The average molecular weight is 278 g/mol. The van der Waals surface area contributed by atoms with Gasteiger partial charge in [0, 0.05) is 19.2 Å². The van der Waals surface area contributed by atoms with Gasteiger partial charge in [-0.25, -0.2) is 0 Å². The van der Waals surface area contributed by atoms with Crippen LogP contribution in [0.4, 0.5) is 0 Å². The third-order valence-corrected chi connectivity index (χ3v) is 3.85. The molecule has 0 aromatic heterocycles. The molecule has 0 aromatic rings. The molecule has 3 heteroatoms. The smallest absolute Gasteiger partial charge is 0.221 e. The fraction of sp³-hybridized carbons (Fsp3) is 0.706. The minimum absolute atomic E-state index is 0.0236. The van der Waals surface area contributed by atoms with Crippen molar-refractivity contribution in [3.05, 3.63) is 22.9 Å². The zero-order chi connectivity index (χ0) is 15.0. The summed E-state index contributed by atoms with van der Waals surface area (Å²) in [7, 11) is 0. The molecule has 0 atom stereocenters. The van der Waals surface area contributed by atoms with Crippen molar-refractivity contribution in [3.8, 4) is 0 Å². The molecule has 1 rings (SSSR count). The largest absolute Gasteiger partial charge is 0.326 e. The number of hydrogen-bond donors (Lipinski definition) is 1. The van der Waals surface area contributed by atoms with E-state index in [1.165, 1.54) is 37.1 Å². The van der Waals surface area contributed by atoms with E-state index in [1.54, 1.807) is 6.92 Å². The van der Waals surface area contributed by atoms with Crippen LogP contribution in [0.1, 0.15) is 59.8 Å². The van der Waals surface area contributed by atoms with Gasteiger partial charge in [0.15, 0.2) is 0 Å². The summed E-state index contributed by atoms with van der Waals surface area (Å²) in [5.74, 6) is 0.0236. The molecule has 1 N–H and O–H groups in total. The highest BCUT2D eigenvalue weighted by molar-refractivity contribution is 5.76. The van der Waals surface area contributed by atoms with Gasteiger partial charge in [-0.05, 0) is 57.7 Å². The monoisotopic (exact) mass is 278 g/mol. The maximum Gasteiger partial charge on any atom is 0.221 e. The predicted molar refractivity (Wildman–Crippen MR) is 85.5 cm³/mol. The summed E-state index contributed by atoms with van der Waals surface area (Å²) in [6, 6.07) is 0. The lowest BCUT2D eigenvalue weighted by Gasteiger charge is -2.24. The predicted octanol–water partition coefficient (Wildman–Crippen LogP) is 3.63. The zero-order valence-corrected chi connectivity index (χ0v) is 13.6. The maximum atomic E-state index is 11.2. The molecule has 0 aliphatic heterocycles. The first kappa shape index (κ1) is 17.0. The van der Waals surface area contributed by atoms with Crippen LogP contribution < -0.4 is 5.32 Å². The second-order valence-electron chi connectivity index (χ2n) is 5.66. The lowest BCUT2D eigenvalue weighted by Crippen LogP contribution is -2.27. The van der Waals surface area contributed by atoms with Crippen molar-refractivity contribution >= 4 is 5.91 Å². The fourth-order valence-electron chi connectivity index (χ4n) is 2.83. The van der Waals surface area contributed by atoms with Gasteiger partial charge in [0.25, 0.3) is 0 Å². The van der Waals surface area contributed by atoms with Gasteiger partial charge in [0.1, 0.15) is 0 Å². The number of nitrogens with one attached hydrogen (secondary N) is 1. The van der Waals surface area contributed by atoms with Gasteiger partial charge in [-0.2, -0.15) is 0 Å². The average Bonchev–Trinajstić information content (AvgIpc) is 2.39. The van der Waals surface area contributed by atoms with Gasteiger partial charge in [-0.15, -0.1) is 0 Å². The third-order valence-electron chi connectivity index (χ3n) is 3.85. The Hall–Kier alpha value is -1.09. The summed E-state index contributed by atoms with van der Waals surface area (Å²) in [5, 5.41) is 2.95. The van der Waals surface area contributed by atoms with Crippen molar-refractivity contribution in [1.29, 1.82) is 0 Å². The van der Waals surface area contributed by atoms with Crippen LogP contribution in [0.2, 0.25) is 0 Å². The number of carbonyl (C=O) groups is 1. The van der Waals surface area contributed by atoms with Gasteiger partial charge in [0.05, 0.1) is 0 Å². The Labute approximate surface area is 124 Å². The molecule has 0 unspecified atom stereocenters. The van der Waals surface area contributed by atoms with Crippen molar-refractivity contribution in [3.63, 3.8) is 0 Å². The maximum absolute atomic E-state index is 11.2. The fourth-order valence-corrected chi connectivity index (χ4v) is 2.83. The number of carbonyl (C=O) groups excluding carboxylic acids is 1. The van der Waals surface area contributed by atoms with Crippen molar-refractivity contribution in [2.24, 2.45) is 0 Å². The second-order valence-corrected chi connectivity index (χ2v) is 5.66. The molecule has 0 aromatic carbocycles. The Morgan fingerprint density at radius 3 is 2.45 bits per heavy atom. The van der Waals surface area contributed by atoms with Gasteiger partial charge < -0.3 is 10.2 Å². The first-order valence-corrected chi connectivity index (χ1v) is 7.97. The molecule has 0 saturated carbocycles. The molecule has 0 saturated heterocycles. The first-order valence-electron chi connectivity index (χ1n) is 7.97. The SMILES string of the molecule is CCCN(CCC)CCC1=C(C)C(NC(C)=O)=CCC1. The van der Waals surface area contributed by atoms with Crippen LogP contribution >= 0.6 is 0 Å². The van der Waals surface area contributed by atoms with Crippen LogP contribution in [0.5, 0.6) is 0 Å². The van der Waals surface area contributed by atoms with E-state index in [9.17, 15) is 4.79 Å². The van der Waals surface area contributed by atoms with Crippen molar-refractivity contribution < 1.29 is 4.79 Å². The van der Waals surface area contributed by atoms with E-state index in [2.05, 4.69) is 37.1 Å². The number of allylic oxidation sites excluding steroid dienone is 2. The summed E-state index contributed by atoms with van der Waals surface area (Å²) in [5.41, 5.74) is 3.81. The highest BCUT2D eigenvalue weighted by atomic mass is 16.1. The van der Waals surface area contributed by atoms with E-state index in [-0.39, 0.29) is 5.91 Å². The highest BCUT2D eigenvalue weighted by Gasteiger charge is 2.14. The number of amides is 1. The molecule has 3 nitrogen and oxygen atoms in total. The highest BCUT2D eigenvalue weighted by Crippen LogP contribution is 2.26. The first-order chi connectivity index (χ1) is 9.58. The summed E-state index contributed by atoms with van der Waals surface area (Å²) in [6.07, 6.45) is 7.90. The summed E-state index contributed by atoms with van der Waals surface area (Å²) in [6.45, 7) is 11.7. The molecule has 1 amide bonds. The van der Waals surface area contributed by atoms with Crippen LogP contribution in [-0.2, 0) is 4.79 Å². The van der Waals surface area contributed by atoms with Gasteiger partial charge >= 0.3 is 0 Å². The van der Waals surface area contributed by atoms with Crippen molar-refractivity contribution in [1.82, 2.24) is 10.2 Å². The van der Waals surface area contributed by atoms with E-state index in [0.717, 1.165) is 31.5 Å². The number of hydrogen-bond acceptors (Lipinski definition) is 2. The molecular formula is C17H30N2O. The van der Waals surface area contributed by atoms with Crippen LogP contribution in [-0.4, -0.2) is 30.4 Å². The number of rotatable bonds is 8. The Bertz CT molecular complexity index is 376. The molecule has 0 heterocycles. The molecule has 1 aliphatic carbocycles. The summed E-state index contributed by atoms with van der Waals surface area (Å²) < 4.78 is 0. The molecule has 20 heavy (non-hydrogen) atoms. The van der Waals surface area contributed by atoms with Gasteiger partial charge in [0.2, 0.25) is 5.91 Å². The van der Waals surface area contributed by atoms with Crippen LogP contribution in [0.15, 0.2) is 22.9 Å². The number of nitrogens with zero attached hydrogens (tertiary/aromatic N) is 1. The topological polar surface area (TPSA) is 32.3 Å². The van der Waals surface area contributed by atoms with Crippen molar-refractivity contribution in [2.75, 3.05) is 19.6 Å². The lowest BCUT2D eigenvalue weighted by atomic mass is 9.93. The van der Waals surface area contributed by atoms with Gasteiger partial charge in [-0.3, -0.25) is 4.79 Å². The minimum atomic E-state index is 0.0236. The third kappa shape index (κ3) is 5.49. The van der Waals surface area contributed by atoms with E-state index in [4.69, 9.17) is 0 Å². The van der Waals surface area contributed by atoms with E-state index < -0.39 is 0 Å². The van der Waals surface area contributed by atoms with Crippen LogP contribution in [0, 0.1) is 0 Å². The lowest BCUT2D eigenvalue weighted by molar-refractivity contribution is -0.118. The molecule has 0 radical (unpaired) electrons. The molecule has 0 fully saturated rings. The molecule has 0 bridgehead atoms. The molecule has 0 spiro atoms. The van der Waals surface area contributed by atoms with Crippen LogP contribution in [0.25, 0.3) is 0 Å². The molecule has 1 aliphatic rings. The summed E-state index contributed by atoms with van der Waals surface area (Å²) in [4.78, 5) is 13.8. The van der Waals surface area contributed by atoms with Crippen LogP contribution in [0.3, 0.4) is 0 Å². The Balaban J connectivity index is 2.60. The quantitative estimate of drug-likeness (QED) is 0.735. The Morgan fingerprint density at radius 2 is 1.90 bits per heavy atom. The second kappa shape index (κ2) is 8.96. The molecular weight excluding hydrogens is 248 g/mol. The van der Waals surface area contributed by atoms with E-state index >= 15 is 0 Å². The summed E-state index contributed by atoms with van der Waals surface area (Å²) >= 11 is 0. The Kier molecular flexibility index (Phi) is 7.60. The normalized spacial score (nSPS) is 15.6. The van der Waals surface area contributed by atoms with E-state index in [1.807, 2.05) is 0 Å². The minimum Gasteiger partial charge on any atom is -0.326 e. The standard InChI is InChI=1S/C17H30N2O/c1-5-11-19(12-6-2)13-10-16-8-7-9-17(14(16)3)18-15(4)20/h9H,5-8,10-13H2,1-4H3,(H,18,20). The zero-order valence-electron chi connectivity index (χ0n) is 13.6. The Morgan fingerprint density at radius 1 is 1.25 bits per heavy atom. The van der Waals surface area contributed by atoms with E-state index in [0.29, 0.717) is 0 Å².